The van der Waals surface area contributed by atoms with Gasteiger partial charge in [-0.3, -0.25) is 0 Å². The van der Waals surface area contributed by atoms with Crippen molar-refractivity contribution in [2.45, 2.75) is 6.92 Å². The molecule has 0 atom stereocenters. The summed E-state index contributed by atoms with van der Waals surface area (Å²) in [5.41, 5.74) is 1.26. The number of rotatable bonds is 4. The normalized spacial score (nSPS) is 11.7. The summed E-state index contributed by atoms with van der Waals surface area (Å²) in [7, 11) is 0. The van der Waals surface area contributed by atoms with Gasteiger partial charge in [0.05, 0.1) is 0 Å². The fourth-order valence-electron chi connectivity index (χ4n) is 1.39. The molecule has 1 heterocycles. The lowest BCUT2D eigenvalue weighted by atomic mass is 10.2. The third-order valence-corrected chi connectivity index (χ3v) is 2.17. The molecule has 1 aromatic carbocycles. The molecule has 0 aliphatic heterocycles. The van der Waals surface area contributed by atoms with Crippen molar-refractivity contribution >= 4 is 22.7 Å². The van der Waals surface area contributed by atoms with Crippen molar-refractivity contribution in [1.29, 1.82) is 0 Å². The van der Waals surface area contributed by atoms with E-state index in [1.807, 2.05) is 30.3 Å². The van der Waals surface area contributed by atoms with Crippen LogP contribution in [0.4, 0.5) is 0 Å². The number of carbonyl (C=O) groups is 1. The summed E-state index contributed by atoms with van der Waals surface area (Å²) in [5.74, 6) is -0.497. The van der Waals surface area contributed by atoms with Crippen molar-refractivity contribution < 1.29 is 19.2 Å². The molecule has 5 heteroatoms. The maximum Gasteiger partial charge on any atom is 0.344 e. The highest BCUT2D eigenvalue weighted by molar-refractivity contribution is 5.99. The van der Waals surface area contributed by atoms with Crippen molar-refractivity contribution in [3.63, 3.8) is 0 Å². The molecule has 1 N–H and O–H groups in total. The second-order valence-corrected chi connectivity index (χ2v) is 3.49. The van der Waals surface area contributed by atoms with Crippen molar-refractivity contribution in [2.24, 2.45) is 5.16 Å². The highest BCUT2D eigenvalue weighted by atomic mass is 16.6. The van der Waals surface area contributed by atoms with Gasteiger partial charge in [-0.2, -0.15) is 0 Å². The molecule has 0 unspecified atom stereocenters. The van der Waals surface area contributed by atoms with Gasteiger partial charge < -0.3 is 14.4 Å². The van der Waals surface area contributed by atoms with E-state index in [0.717, 1.165) is 11.0 Å². The van der Waals surface area contributed by atoms with Crippen LogP contribution in [0.1, 0.15) is 12.7 Å². The van der Waals surface area contributed by atoms with E-state index in [1.165, 1.54) is 0 Å². The second-order valence-electron chi connectivity index (χ2n) is 3.49. The maximum absolute atomic E-state index is 10.2. The van der Waals surface area contributed by atoms with Gasteiger partial charge in [0.1, 0.15) is 11.3 Å². The van der Waals surface area contributed by atoms with Crippen molar-refractivity contribution in [1.82, 2.24) is 0 Å². The number of hydrogen-bond donors (Lipinski definition) is 1. The summed E-state index contributed by atoms with van der Waals surface area (Å²) in [6, 6.07) is 9.40. The van der Waals surface area contributed by atoms with Gasteiger partial charge in [-0.1, -0.05) is 23.4 Å². The first kappa shape index (κ1) is 11.2. The van der Waals surface area contributed by atoms with Gasteiger partial charge in [0.25, 0.3) is 0 Å². The van der Waals surface area contributed by atoms with E-state index in [-0.39, 0.29) is 0 Å². The molecule has 2 aromatic rings. The van der Waals surface area contributed by atoms with Gasteiger partial charge in [-0.25, -0.2) is 4.79 Å². The Bertz CT molecular complexity index is 538. The van der Waals surface area contributed by atoms with Crippen molar-refractivity contribution in [3.05, 3.63) is 36.1 Å². The number of aliphatic carboxylic acids is 1. The van der Waals surface area contributed by atoms with Crippen LogP contribution in [0.25, 0.3) is 11.0 Å². The smallest absolute Gasteiger partial charge is 0.344 e. The van der Waals surface area contributed by atoms with Gasteiger partial charge in [0.2, 0.25) is 6.61 Å². The lowest BCUT2D eigenvalue weighted by Gasteiger charge is -1.96. The number of para-hydroxylation sites is 1. The minimum absolute atomic E-state index is 0.461. The zero-order chi connectivity index (χ0) is 12.3. The second kappa shape index (κ2) is 4.69. The average Bonchev–Trinajstić information content (AvgIpc) is 2.71. The molecule has 0 aliphatic rings. The highest BCUT2D eigenvalue weighted by Crippen LogP contribution is 2.19. The maximum atomic E-state index is 10.2. The Labute approximate surface area is 97.3 Å². The Morgan fingerprint density at radius 2 is 2.24 bits per heavy atom. The molecule has 0 spiro atoms. The quantitative estimate of drug-likeness (QED) is 0.649. The predicted octanol–water partition coefficient (Wildman–Crippen LogP) is 2.26. The van der Waals surface area contributed by atoms with Crippen LogP contribution in [-0.2, 0) is 9.63 Å². The lowest BCUT2D eigenvalue weighted by Crippen LogP contribution is -2.05. The topological polar surface area (TPSA) is 72.0 Å². The van der Waals surface area contributed by atoms with Crippen LogP contribution < -0.4 is 0 Å². The molecule has 0 aliphatic carbocycles. The van der Waals surface area contributed by atoms with Crippen LogP contribution in [0.2, 0.25) is 0 Å². The number of carboxylic acids is 1. The van der Waals surface area contributed by atoms with E-state index < -0.39 is 12.6 Å². The number of nitrogens with zero attached hydrogens (tertiary/aromatic N) is 1. The standard InChI is InChI=1S/C12H11NO4/c1-8(13-16-7-12(14)15)11-6-9-4-2-3-5-10(9)17-11/h2-6H,7H2,1H3,(H,14,15). The fourth-order valence-corrected chi connectivity index (χ4v) is 1.39. The first-order valence-electron chi connectivity index (χ1n) is 5.04. The van der Waals surface area contributed by atoms with E-state index in [1.54, 1.807) is 6.92 Å². The predicted molar refractivity (Wildman–Crippen MR) is 62.0 cm³/mol. The summed E-state index contributed by atoms with van der Waals surface area (Å²) in [6.07, 6.45) is 0. The van der Waals surface area contributed by atoms with Gasteiger partial charge in [-0.05, 0) is 19.1 Å². The molecule has 0 bridgehead atoms. The molecular weight excluding hydrogens is 222 g/mol. The van der Waals surface area contributed by atoms with Gasteiger partial charge in [0.15, 0.2) is 5.76 Å². The molecule has 2 rings (SSSR count). The Morgan fingerprint density at radius 3 is 2.94 bits per heavy atom. The van der Waals surface area contributed by atoms with E-state index >= 15 is 0 Å². The number of carboxylic acid groups (broad SMARTS) is 1. The van der Waals surface area contributed by atoms with Crippen molar-refractivity contribution in [3.8, 4) is 0 Å². The van der Waals surface area contributed by atoms with E-state index in [9.17, 15) is 4.79 Å². The molecule has 0 saturated heterocycles. The summed E-state index contributed by atoms with van der Waals surface area (Å²) in [6.45, 7) is 1.23. The average molecular weight is 233 g/mol. The van der Waals surface area contributed by atoms with Gasteiger partial charge in [-0.15, -0.1) is 0 Å². The van der Waals surface area contributed by atoms with Crippen LogP contribution in [0.3, 0.4) is 0 Å². The summed E-state index contributed by atoms with van der Waals surface area (Å²) >= 11 is 0. The third kappa shape index (κ3) is 2.63. The SMILES string of the molecule is CC(=NOCC(=O)O)c1cc2ccccc2o1. The molecule has 1 aromatic heterocycles. The molecule has 0 amide bonds. The van der Waals surface area contributed by atoms with Gasteiger partial charge >= 0.3 is 5.97 Å². The number of furan rings is 1. The number of hydrogen-bond acceptors (Lipinski definition) is 4. The zero-order valence-corrected chi connectivity index (χ0v) is 9.21. The fraction of sp³-hybridized carbons (Fsp3) is 0.167. The summed E-state index contributed by atoms with van der Waals surface area (Å²) in [5, 5.41) is 13.0. The number of benzene rings is 1. The third-order valence-electron chi connectivity index (χ3n) is 2.17. The van der Waals surface area contributed by atoms with Crippen LogP contribution >= 0.6 is 0 Å². The molecule has 0 radical (unpaired) electrons. The minimum Gasteiger partial charge on any atom is -0.479 e. The Balaban J connectivity index is 2.18. The first-order valence-corrected chi connectivity index (χ1v) is 5.04. The highest BCUT2D eigenvalue weighted by Gasteiger charge is 2.06. The van der Waals surface area contributed by atoms with E-state index in [2.05, 4.69) is 9.99 Å². The largest absolute Gasteiger partial charge is 0.479 e. The number of fused-ring (bicyclic) bond motifs is 1. The minimum atomic E-state index is -1.06. The Morgan fingerprint density at radius 1 is 1.47 bits per heavy atom. The van der Waals surface area contributed by atoms with Crippen LogP contribution in [-0.4, -0.2) is 23.4 Å². The zero-order valence-electron chi connectivity index (χ0n) is 9.21. The summed E-state index contributed by atoms with van der Waals surface area (Å²) < 4.78 is 5.53. The molecule has 5 nitrogen and oxygen atoms in total. The Hall–Kier alpha value is -2.30. The summed E-state index contributed by atoms with van der Waals surface area (Å²) in [4.78, 5) is 14.9. The van der Waals surface area contributed by atoms with Crippen LogP contribution in [0.15, 0.2) is 39.9 Å². The van der Waals surface area contributed by atoms with E-state index in [4.69, 9.17) is 9.52 Å². The van der Waals surface area contributed by atoms with Gasteiger partial charge in [0, 0.05) is 5.39 Å². The molecule has 0 fully saturated rings. The molecular formula is C12H11NO4. The number of oxime groups is 1. The monoisotopic (exact) mass is 233 g/mol. The van der Waals surface area contributed by atoms with Crippen molar-refractivity contribution in [2.75, 3.05) is 6.61 Å². The first-order chi connectivity index (χ1) is 8.16. The molecule has 0 saturated carbocycles. The lowest BCUT2D eigenvalue weighted by molar-refractivity contribution is -0.142. The van der Waals surface area contributed by atoms with Crippen LogP contribution in [0.5, 0.6) is 0 Å². The Kier molecular flexibility index (Phi) is 3.09. The van der Waals surface area contributed by atoms with E-state index in [0.29, 0.717) is 11.5 Å². The molecule has 88 valence electrons. The molecule has 17 heavy (non-hydrogen) atoms. The van der Waals surface area contributed by atoms with Crippen LogP contribution in [0, 0.1) is 0 Å².